The van der Waals surface area contributed by atoms with Gasteiger partial charge < -0.3 is 24.7 Å². The molecule has 0 heterocycles. The first-order chi connectivity index (χ1) is 9.99. The number of benzene rings is 1. The largest absolute Gasteiger partial charge is 0.496 e. The molecule has 22 heavy (non-hydrogen) atoms. The molecule has 8 heteroatoms. The van der Waals surface area contributed by atoms with Crippen LogP contribution in [0.4, 0.5) is 4.39 Å². The van der Waals surface area contributed by atoms with Crippen LogP contribution in [0.2, 0.25) is 0 Å². The Hall–Kier alpha value is -1.73. The summed E-state index contributed by atoms with van der Waals surface area (Å²) in [5, 5.41) is 0. The SMILES string of the molecule is CCOC(=O)C(F)[C@@H](N)c1c(OC)cc(OC)cc1OC.Cl. The van der Waals surface area contributed by atoms with Gasteiger partial charge in [0, 0.05) is 12.1 Å². The molecule has 1 aromatic rings. The predicted molar refractivity (Wildman–Crippen MR) is 81.8 cm³/mol. The van der Waals surface area contributed by atoms with Crippen molar-refractivity contribution < 1.29 is 28.1 Å². The van der Waals surface area contributed by atoms with Gasteiger partial charge in [-0.1, -0.05) is 0 Å². The van der Waals surface area contributed by atoms with E-state index in [0.717, 1.165) is 0 Å². The van der Waals surface area contributed by atoms with E-state index in [0.29, 0.717) is 5.75 Å². The minimum Gasteiger partial charge on any atom is -0.496 e. The Kier molecular flexibility index (Phi) is 8.59. The molecule has 1 unspecified atom stereocenters. The summed E-state index contributed by atoms with van der Waals surface area (Å²) in [6, 6.07) is 1.80. The van der Waals surface area contributed by atoms with Crippen molar-refractivity contribution >= 4 is 18.4 Å². The van der Waals surface area contributed by atoms with Crippen molar-refractivity contribution in [3.05, 3.63) is 17.7 Å². The summed E-state index contributed by atoms with van der Waals surface area (Å²) >= 11 is 0. The molecule has 0 aliphatic rings. The van der Waals surface area contributed by atoms with Crippen molar-refractivity contribution in [2.75, 3.05) is 27.9 Å². The summed E-state index contributed by atoms with van der Waals surface area (Å²) in [7, 11) is 4.29. The summed E-state index contributed by atoms with van der Waals surface area (Å²) in [6.45, 7) is 1.66. The van der Waals surface area contributed by atoms with E-state index in [9.17, 15) is 9.18 Å². The topological polar surface area (TPSA) is 80.0 Å². The Bertz CT molecular complexity index is 475. The minimum atomic E-state index is -2.03. The van der Waals surface area contributed by atoms with Crippen LogP contribution in [0.15, 0.2) is 12.1 Å². The van der Waals surface area contributed by atoms with E-state index in [1.165, 1.54) is 33.5 Å². The third-order valence-electron chi connectivity index (χ3n) is 2.91. The average Bonchev–Trinajstić information content (AvgIpc) is 2.51. The van der Waals surface area contributed by atoms with Crippen LogP contribution in [0.3, 0.4) is 0 Å². The zero-order chi connectivity index (χ0) is 16.0. The second-order valence-corrected chi connectivity index (χ2v) is 4.13. The Morgan fingerprint density at radius 3 is 2.05 bits per heavy atom. The van der Waals surface area contributed by atoms with Crippen LogP contribution in [0.25, 0.3) is 0 Å². The lowest BCUT2D eigenvalue weighted by molar-refractivity contribution is -0.149. The Morgan fingerprint density at radius 2 is 1.68 bits per heavy atom. The molecule has 0 spiro atoms. The van der Waals surface area contributed by atoms with E-state index in [2.05, 4.69) is 4.74 Å². The third kappa shape index (κ3) is 4.38. The first kappa shape index (κ1) is 20.3. The molecule has 0 aliphatic carbocycles. The fourth-order valence-corrected chi connectivity index (χ4v) is 1.88. The van der Waals surface area contributed by atoms with Gasteiger partial charge in [0.15, 0.2) is 0 Å². The van der Waals surface area contributed by atoms with E-state index in [1.54, 1.807) is 6.92 Å². The van der Waals surface area contributed by atoms with Gasteiger partial charge in [0.05, 0.1) is 39.5 Å². The maximum Gasteiger partial charge on any atom is 0.342 e. The second-order valence-electron chi connectivity index (χ2n) is 4.13. The van der Waals surface area contributed by atoms with Crippen molar-refractivity contribution in [3.63, 3.8) is 0 Å². The first-order valence-corrected chi connectivity index (χ1v) is 6.36. The third-order valence-corrected chi connectivity index (χ3v) is 2.91. The monoisotopic (exact) mass is 337 g/mol. The number of hydrogen-bond donors (Lipinski definition) is 1. The van der Waals surface area contributed by atoms with Crippen LogP contribution in [-0.2, 0) is 9.53 Å². The van der Waals surface area contributed by atoms with Gasteiger partial charge >= 0.3 is 5.97 Å². The quantitative estimate of drug-likeness (QED) is 0.767. The Balaban J connectivity index is 0.00000441. The molecule has 0 fully saturated rings. The molecule has 126 valence electrons. The van der Waals surface area contributed by atoms with Crippen LogP contribution in [0.5, 0.6) is 17.2 Å². The van der Waals surface area contributed by atoms with Gasteiger partial charge in [-0.3, -0.25) is 0 Å². The number of nitrogens with two attached hydrogens (primary N) is 1. The van der Waals surface area contributed by atoms with Gasteiger partial charge in [-0.25, -0.2) is 9.18 Å². The van der Waals surface area contributed by atoms with Gasteiger partial charge in [0.1, 0.15) is 17.2 Å². The fourth-order valence-electron chi connectivity index (χ4n) is 1.88. The Morgan fingerprint density at radius 1 is 1.18 bits per heavy atom. The van der Waals surface area contributed by atoms with Crippen LogP contribution < -0.4 is 19.9 Å². The van der Waals surface area contributed by atoms with Crippen molar-refractivity contribution in [1.82, 2.24) is 0 Å². The van der Waals surface area contributed by atoms with Crippen molar-refractivity contribution in [3.8, 4) is 17.2 Å². The summed E-state index contributed by atoms with van der Waals surface area (Å²) in [4.78, 5) is 11.5. The van der Waals surface area contributed by atoms with Crippen LogP contribution in [0, 0.1) is 0 Å². The standard InChI is InChI=1S/C14H20FNO5.ClH/c1-5-21-14(17)12(15)13(16)11-9(19-3)6-8(18-2)7-10(11)20-4;/h6-7,12-13H,5,16H2,1-4H3;1H/t12?,13-;/m0./s1. The van der Waals surface area contributed by atoms with Crippen molar-refractivity contribution in [2.45, 2.75) is 19.1 Å². The molecule has 0 bridgehead atoms. The molecular formula is C14H21ClFNO5. The van der Waals surface area contributed by atoms with Gasteiger partial charge in [-0.2, -0.15) is 0 Å². The molecule has 0 amide bonds. The summed E-state index contributed by atoms with van der Waals surface area (Å²) < 4.78 is 34.2. The normalized spacial score (nSPS) is 12.6. The molecule has 2 N–H and O–H groups in total. The molecule has 0 saturated carbocycles. The Labute approximate surface area is 135 Å². The smallest absolute Gasteiger partial charge is 0.342 e. The van der Waals surface area contributed by atoms with Gasteiger partial charge in [0.25, 0.3) is 0 Å². The highest BCUT2D eigenvalue weighted by atomic mass is 35.5. The van der Waals surface area contributed by atoms with E-state index >= 15 is 0 Å². The number of carbonyl (C=O) groups excluding carboxylic acids is 1. The van der Waals surface area contributed by atoms with E-state index in [1.807, 2.05) is 0 Å². The molecule has 0 aromatic heterocycles. The average molecular weight is 338 g/mol. The highest BCUT2D eigenvalue weighted by Gasteiger charge is 2.32. The molecule has 0 radical (unpaired) electrons. The second kappa shape index (κ2) is 9.32. The lowest BCUT2D eigenvalue weighted by Gasteiger charge is -2.21. The lowest BCUT2D eigenvalue weighted by Crippen LogP contribution is -2.32. The summed E-state index contributed by atoms with van der Waals surface area (Å²) in [6.07, 6.45) is -2.03. The zero-order valence-corrected chi connectivity index (χ0v) is 13.7. The summed E-state index contributed by atoms with van der Waals surface area (Å²) in [5.74, 6) is -0.0209. The molecule has 1 rings (SSSR count). The maximum atomic E-state index is 14.1. The fraction of sp³-hybridized carbons (Fsp3) is 0.500. The number of esters is 1. The molecule has 0 saturated heterocycles. The van der Waals surface area contributed by atoms with Gasteiger partial charge in [-0.05, 0) is 6.92 Å². The number of ether oxygens (including phenoxy) is 4. The number of hydrogen-bond acceptors (Lipinski definition) is 6. The number of halogens is 2. The molecule has 6 nitrogen and oxygen atoms in total. The van der Waals surface area contributed by atoms with E-state index in [-0.39, 0.29) is 36.1 Å². The van der Waals surface area contributed by atoms with Crippen molar-refractivity contribution in [2.24, 2.45) is 5.73 Å². The molecular weight excluding hydrogens is 317 g/mol. The predicted octanol–water partition coefficient (Wildman–Crippen LogP) is 2.04. The first-order valence-electron chi connectivity index (χ1n) is 6.36. The molecule has 0 aliphatic heterocycles. The van der Waals surface area contributed by atoms with Gasteiger partial charge in [0.2, 0.25) is 6.17 Å². The van der Waals surface area contributed by atoms with Gasteiger partial charge in [-0.15, -0.1) is 12.4 Å². The maximum absolute atomic E-state index is 14.1. The number of carbonyl (C=O) groups is 1. The molecule has 1 aromatic carbocycles. The lowest BCUT2D eigenvalue weighted by atomic mass is 10.0. The number of methoxy groups -OCH3 is 3. The van der Waals surface area contributed by atoms with Crippen LogP contribution >= 0.6 is 12.4 Å². The highest BCUT2D eigenvalue weighted by Crippen LogP contribution is 2.39. The number of rotatable bonds is 7. The minimum absolute atomic E-state index is 0. The van der Waals surface area contributed by atoms with E-state index in [4.69, 9.17) is 19.9 Å². The summed E-state index contributed by atoms with van der Waals surface area (Å²) in [5.41, 5.74) is 6.07. The van der Waals surface area contributed by atoms with E-state index < -0.39 is 18.2 Å². The zero-order valence-electron chi connectivity index (χ0n) is 12.9. The number of alkyl halides is 1. The molecule has 2 atom stereocenters. The van der Waals surface area contributed by atoms with Crippen molar-refractivity contribution in [1.29, 1.82) is 0 Å². The highest BCUT2D eigenvalue weighted by molar-refractivity contribution is 5.85. The van der Waals surface area contributed by atoms with Crippen LogP contribution in [-0.4, -0.2) is 40.1 Å². The van der Waals surface area contributed by atoms with Crippen LogP contribution in [0.1, 0.15) is 18.5 Å².